The summed E-state index contributed by atoms with van der Waals surface area (Å²) in [5.74, 6) is 0.117. The summed E-state index contributed by atoms with van der Waals surface area (Å²) in [5, 5.41) is 3.08. The van der Waals surface area contributed by atoms with Crippen LogP contribution in [0.4, 0.5) is 0 Å². The monoisotopic (exact) mass is 368 g/mol. The molecule has 0 saturated carbocycles. The lowest BCUT2D eigenvalue weighted by molar-refractivity contribution is -0.124. The summed E-state index contributed by atoms with van der Waals surface area (Å²) in [4.78, 5) is 15.9. The maximum Gasteiger partial charge on any atom is 0.221 e. The Morgan fingerprint density at radius 2 is 2.33 bits per heavy atom. The zero-order chi connectivity index (χ0) is 16.8. The van der Waals surface area contributed by atoms with Gasteiger partial charge in [0.25, 0.3) is 0 Å². The van der Waals surface area contributed by atoms with E-state index in [9.17, 15) is 4.79 Å². The van der Waals surface area contributed by atoms with E-state index < -0.39 is 0 Å². The second kappa shape index (κ2) is 8.99. The fourth-order valence-electron chi connectivity index (χ4n) is 3.29. The summed E-state index contributed by atoms with van der Waals surface area (Å²) in [6.45, 7) is 3.74. The number of hydrogen-bond acceptors (Lipinski definition) is 4. The first-order valence-electron chi connectivity index (χ1n) is 8.71. The standard InChI is InChI=1S/C18H25ClN2O2S/c19-17-7-6-16(24-17)12-21-8-9-23-13-15(21)10-18(22)20-11-14-4-2-1-3-5-14/h4,6-7,15H,1-3,5,8-13H2,(H,20,22)/t15-/m0/s1. The van der Waals surface area contributed by atoms with E-state index in [2.05, 4.69) is 22.4 Å². The summed E-state index contributed by atoms with van der Waals surface area (Å²) in [5.41, 5.74) is 1.37. The van der Waals surface area contributed by atoms with Crippen molar-refractivity contribution in [2.45, 2.75) is 44.7 Å². The number of thiophene rings is 1. The number of nitrogens with one attached hydrogen (secondary N) is 1. The Kier molecular flexibility index (Phi) is 6.72. The summed E-state index contributed by atoms with van der Waals surface area (Å²) in [6, 6.07) is 4.14. The third kappa shape index (κ3) is 5.31. The molecule has 1 aromatic heterocycles. The molecule has 1 amide bonds. The van der Waals surface area contributed by atoms with E-state index in [-0.39, 0.29) is 11.9 Å². The molecule has 6 heteroatoms. The second-order valence-electron chi connectivity index (χ2n) is 6.49. The molecule has 0 spiro atoms. The molecule has 2 aliphatic rings. The number of nitrogens with zero attached hydrogens (tertiary/aromatic N) is 1. The molecule has 1 saturated heterocycles. The molecule has 24 heavy (non-hydrogen) atoms. The van der Waals surface area contributed by atoms with Gasteiger partial charge in [-0.05, 0) is 37.8 Å². The van der Waals surface area contributed by atoms with Crippen LogP contribution in [0.2, 0.25) is 4.34 Å². The normalized spacial score (nSPS) is 22.2. The summed E-state index contributed by atoms with van der Waals surface area (Å²) < 4.78 is 6.41. The number of rotatable bonds is 6. The Balaban J connectivity index is 1.49. The van der Waals surface area contributed by atoms with Crippen LogP contribution in [0.5, 0.6) is 0 Å². The summed E-state index contributed by atoms with van der Waals surface area (Å²) in [7, 11) is 0. The van der Waals surface area contributed by atoms with Crippen molar-refractivity contribution < 1.29 is 9.53 Å². The Bertz CT molecular complexity index is 587. The smallest absolute Gasteiger partial charge is 0.221 e. The van der Waals surface area contributed by atoms with E-state index in [1.807, 2.05) is 6.07 Å². The van der Waals surface area contributed by atoms with Gasteiger partial charge in [-0.15, -0.1) is 11.3 Å². The molecule has 0 unspecified atom stereocenters. The zero-order valence-corrected chi connectivity index (χ0v) is 15.5. The van der Waals surface area contributed by atoms with Gasteiger partial charge in [0.1, 0.15) is 0 Å². The van der Waals surface area contributed by atoms with Gasteiger partial charge in [-0.3, -0.25) is 9.69 Å². The molecule has 3 rings (SSSR count). The van der Waals surface area contributed by atoms with Gasteiger partial charge in [0.05, 0.1) is 17.6 Å². The van der Waals surface area contributed by atoms with Crippen LogP contribution < -0.4 is 5.32 Å². The minimum atomic E-state index is 0.117. The van der Waals surface area contributed by atoms with Crippen LogP contribution in [-0.4, -0.2) is 43.2 Å². The van der Waals surface area contributed by atoms with Crippen molar-refractivity contribution in [1.82, 2.24) is 10.2 Å². The average molecular weight is 369 g/mol. The lowest BCUT2D eigenvalue weighted by Gasteiger charge is -2.35. The predicted molar refractivity (Wildman–Crippen MR) is 98.5 cm³/mol. The third-order valence-electron chi connectivity index (χ3n) is 4.66. The summed E-state index contributed by atoms with van der Waals surface area (Å²) in [6.07, 6.45) is 7.57. The SMILES string of the molecule is O=C(C[C@H]1COCCN1Cc1ccc(Cl)s1)NCC1=CCCCC1. The van der Waals surface area contributed by atoms with E-state index in [0.717, 1.165) is 36.9 Å². The highest BCUT2D eigenvalue weighted by molar-refractivity contribution is 7.16. The quantitative estimate of drug-likeness (QED) is 0.780. The minimum Gasteiger partial charge on any atom is -0.378 e. The first-order chi connectivity index (χ1) is 11.7. The number of hydrogen-bond donors (Lipinski definition) is 1. The van der Waals surface area contributed by atoms with Gasteiger partial charge in [-0.1, -0.05) is 23.3 Å². The van der Waals surface area contributed by atoms with E-state index >= 15 is 0 Å². The fraction of sp³-hybridized carbons (Fsp3) is 0.611. The lowest BCUT2D eigenvalue weighted by Crippen LogP contribution is -2.47. The van der Waals surface area contributed by atoms with Crippen LogP contribution >= 0.6 is 22.9 Å². The molecule has 4 nitrogen and oxygen atoms in total. The van der Waals surface area contributed by atoms with Gasteiger partial charge in [0.15, 0.2) is 0 Å². The number of carbonyl (C=O) groups excluding carboxylic acids is 1. The molecular weight excluding hydrogens is 344 g/mol. The highest BCUT2D eigenvalue weighted by atomic mass is 35.5. The van der Waals surface area contributed by atoms with Crippen molar-refractivity contribution in [3.63, 3.8) is 0 Å². The third-order valence-corrected chi connectivity index (χ3v) is 5.87. The van der Waals surface area contributed by atoms with Crippen molar-refractivity contribution in [2.75, 3.05) is 26.3 Å². The molecule has 1 aliphatic heterocycles. The van der Waals surface area contributed by atoms with Crippen molar-refractivity contribution >= 4 is 28.8 Å². The Labute approximate surface area is 152 Å². The number of morpholine rings is 1. The molecule has 1 aromatic rings. The van der Waals surface area contributed by atoms with Crippen molar-refractivity contribution in [1.29, 1.82) is 0 Å². The molecule has 2 heterocycles. The molecule has 132 valence electrons. The van der Waals surface area contributed by atoms with Gasteiger partial charge >= 0.3 is 0 Å². The average Bonchev–Trinajstić information content (AvgIpc) is 3.01. The highest BCUT2D eigenvalue weighted by Crippen LogP contribution is 2.24. The largest absolute Gasteiger partial charge is 0.378 e. The van der Waals surface area contributed by atoms with Gasteiger partial charge in [0.2, 0.25) is 5.91 Å². The minimum absolute atomic E-state index is 0.117. The van der Waals surface area contributed by atoms with Crippen LogP contribution in [-0.2, 0) is 16.1 Å². The Hall–Kier alpha value is -0.880. The number of carbonyl (C=O) groups is 1. The van der Waals surface area contributed by atoms with Crippen LogP contribution in [0.15, 0.2) is 23.8 Å². The first kappa shape index (κ1) is 17.9. The highest BCUT2D eigenvalue weighted by Gasteiger charge is 2.25. The van der Waals surface area contributed by atoms with Crippen LogP contribution in [0.25, 0.3) is 0 Å². The van der Waals surface area contributed by atoms with Gasteiger partial charge in [-0.25, -0.2) is 0 Å². The maximum atomic E-state index is 12.3. The molecular formula is C18H25ClN2O2S. The fourth-order valence-corrected chi connectivity index (χ4v) is 4.40. The molecule has 1 aliphatic carbocycles. The van der Waals surface area contributed by atoms with E-state index in [4.69, 9.17) is 16.3 Å². The van der Waals surface area contributed by atoms with Crippen molar-refractivity contribution in [3.05, 3.63) is 33.0 Å². The van der Waals surface area contributed by atoms with E-state index in [0.29, 0.717) is 19.6 Å². The van der Waals surface area contributed by atoms with Crippen LogP contribution in [0.1, 0.15) is 37.0 Å². The molecule has 1 fully saturated rings. The van der Waals surface area contributed by atoms with Gasteiger partial charge in [0, 0.05) is 37.0 Å². The molecule has 0 bridgehead atoms. The lowest BCUT2D eigenvalue weighted by atomic mass is 9.99. The van der Waals surface area contributed by atoms with Crippen LogP contribution in [0, 0.1) is 0 Å². The number of halogens is 1. The van der Waals surface area contributed by atoms with Gasteiger partial charge in [-0.2, -0.15) is 0 Å². The predicted octanol–water partition coefficient (Wildman–Crippen LogP) is 3.61. The van der Waals surface area contributed by atoms with Crippen LogP contribution in [0.3, 0.4) is 0 Å². The zero-order valence-electron chi connectivity index (χ0n) is 13.9. The molecule has 0 radical (unpaired) electrons. The first-order valence-corrected chi connectivity index (χ1v) is 9.91. The van der Waals surface area contributed by atoms with E-state index in [1.54, 1.807) is 11.3 Å². The van der Waals surface area contributed by atoms with Gasteiger partial charge < -0.3 is 10.1 Å². The molecule has 0 aromatic carbocycles. The number of allylic oxidation sites excluding steroid dienone is 1. The second-order valence-corrected chi connectivity index (χ2v) is 8.29. The summed E-state index contributed by atoms with van der Waals surface area (Å²) >= 11 is 7.63. The van der Waals surface area contributed by atoms with Crippen molar-refractivity contribution in [2.24, 2.45) is 0 Å². The number of ether oxygens (including phenoxy) is 1. The molecule has 1 N–H and O–H groups in total. The maximum absolute atomic E-state index is 12.3. The Morgan fingerprint density at radius 3 is 3.08 bits per heavy atom. The molecule has 1 atom stereocenters. The topological polar surface area (TPSA) is 41.6 Å². The Morgan fingerprint density at radius 1 is 1.42 bits per heavy atom. The number of amides is 1. The van der Waals surface area contributed by atoms with Crippen molar-refractivity contribution in [3.8, 4) is 0 Å². The van der Waals surface area contributed by atoms with E-state index in [1.165, 1.54) is 23.3 Å².